The average Bonchev–Trinajstić information content (AvgIpc) is 2.55. The van der Waals surface area contributed by atoms with E-state index >= 15 is 0 Å². The summed E-state index contributed by atoms with van der Waals surface area (Å²) in [5, 5.41) is 9.31. The summed E-state index contributed by atoms with van der Waals surface area (Å²) in [6.07, 6.45) is -1.55. The first-order chi connectivity index (χ1) is 10.7. The summed E-state index contributed by atoms with van der Waals surface area (Å²) in [7, 11) is 0. The van der Waals surface area contributed by atoms with Gasteiger partial charge in [-0.1, -0.05) is 36.4 Å². The largest absolute Gasteiger partial charge is 0.422 e. The highest BCUT2D eigenvalue weighted by molar-refractivity contribution is 6.09. The van der Waals surface area contributed by atoms with Crippen LogP contribution in [0, 0.1) is 11.3 Å². The molecule has 5 heteroatoms. The Bertz CT molecular complexity index is 778. The number of hydrogen-bond donors (Lipinski definition) is 0. The fourth-order valence-electron chi connectivity index (χ4n) is 2.36. The van der Waals surface area contributed by atoms with Crippen LogP contribution in [0.3, 0.4) is 0 Å². The lowest BCUT2D eigenvalue weighted by Gasteiger charge is -2.30. The first-order valence-corrected chi connectivity index (χ1v) is 6.80. The number of carbonyl (C=O) groups excluding carboxylic acids is 1. The molecule has 1 aliphatic rings. The number of rotatable bonds is 1. The molecule has 0 aromatic heterocycles. The monoisotopic (exact) mass is 291 g/mol. The zero-order chi connectivity index (χ0) is 15.5. The molecule has 0 fully saturated rings. The summed E-state index contributed by atoms with van der Waals surface area (Å²) >= 11 is 0. The summed E-state index contributed by atoms with van der Waals surface area (Å²) in [5.41, 5.74) is 2.17. The van der Waals surface area contributed by atoms with Gasteiger partial charge in [0.2, 0.25) is 6.17 Å². The number of fused-ring (bicyclic) bond motifs is 1. The zero-order valence-corrected chi connectivity index (χ0v) is 11.9. The molecule has 0 bridgehead atoms. The van der Waals surface area contributed by atoms with Crippen LogP contribution in [0.4, 0.5) is 10.5 Å². The normalized spacial score (nSPS) is 16.3. The van der Waals surface area contributed by atoms with E-state index in [1.165, 1.54) is 4.90 Å². The van der Waals surface area contributed by atoms with Crippen LogP contribution in [0.5, 0.6) is 5.75 Å². The second-order valence-corrected chi connectivity index (χ2v) is 4.79. The first kappa shape index (κ1) is 13.8. The third kappa shape index (κ3) is 2.42. The number of ether oxygens (including phenoxy) is 1. The maximum absolute atomic E-state index is 12.5. The minimum absolute atomic E-state index is 0.424. The Kier molecular flexibility index (Phi) is 3.58. The van der Waals surface area contributed by atoms with Gasteiger partial charge < -0.3 is 4.74 Å². The second kappa shape index (κ2) is 5.70. The Morgan fingerprint density at radius 1 is 1.18 bits per heavy atom. The van der Waals surface area contributed by atoms with Crippen molar-refractivity contribution >= 4 is 17.5 Å². The molecular formula is C17H13N3O2. The van der Waals surface area contributed by atoms with E-state index in [1.54, 1.807) is 30.3 Å². The Hall–Kier alpha value is -3.13. The Balaban J connectivity index is 1.98. The maximum Gasteiger partial charge on any atom is 0.422 e. The van der Waals surface area contributed by atoms with E-state index in [0.29, 0.717) is 11.4 Å². The lowest BCUT2D eigenvalue weighted by Crippen LogP contribution is -2.44. The maximum atomic E-state index is 12.5. The van der Waals surface area contributed by atoms with Gasteiger partial charge in [0, 0.05) is 11.3 Å². The minimum atomic E-state index is -0.925. The molecule has 0 saturated carbocycles. The van der Waals surface area contributed by atoms with Crippen LogP contribution in [-0.4, -0.2) is 18.0 Å². The van der Waals surface area contributed by atoms with E-state index in [-0.39, 0.29) is 0 Å². The molecule has 0 aliphatic carbocycles. The topological polar surface area (TPSA) is 65.7 Å². The SMILES string of the molecule is CC1=NC(C#N)N(C(=O)Oc2ccccc2)c2ccccc21. The molecule has 3 rings (SSSR count). The third-order valence-corrected chi connectivity index (χ3v) is 3.37. The Labute approximate surface area is 128 Å². The molecule has 1 amide bonds. The van der Waals surface area contributed by atoms with Crippen molar-refractivity contribution in [3.8, 4) is 11.8 Å². The summed E-state index contributed by atoms with van der Waals surface area (Å²) in [5.74, 6) is 0.424. The molecule has 0 saturated heterocycles. The highest BCUT2D eigenvalue weighted by Crippen LogP contribution is 2.29. The fraction of sp³-hybridized carbons (Fsp3) is 0.118. The fourth-order valence-corrected chi connectivity index (χ4v) is 2.36. The minimum Gasteiger partial charge on any atom is -0.410 e. The van der Waals surface area contributed by atoms with E-state index in [9.17, 15) is 10.1 Å². The molecular weight excluding hydrogens is 278 g/mol. The summed E-state index contributed by atoms with van der Waals surface area (Å²) in [6.45, 7) is 1.82. The number of nitrogens with zero attached hydrogens (tertiary/aromatic N) is 3. The van der Waals surface area contributed by atoms with Crippen molar-refractivity contribution in [1.82, 2.24) is 0 Å². The van der Waals surface area contributed by atoms with Crippen LogP contribution in [-0.2, 0) is 0 Å². The number of nitriles is 1. The zero-order valence-electron chi connectivity index (χ0n) is 11.9. The summed E-state index contributed by atoms with van der Waals surface area (Å²) in [4.78, 5) is 18.0. The summed E-state index contributed by atoms with van der Waals surface area (Å²) in [6, 6.07) is 18.1. The van der Waals surface area contributed by atoms with E-state index in [2.05, 4.69) is 4.99 Å². The Morgan fingerprint density at radius 2 is 1.86 bits per heavy atom. The highest BCUT2D eigenvalue weighted by atomic mass is 16.6. The molecule has 2 aromatic rings. The van der Waals surface area contributed by atoms with E-state index in [4.69, 9.17) is 4.74 Å². The number of anilines is 1. The van der Waals surface area contributed by atoms with Gasteiger partial charge in [0.1, 0.15) is 11.8 Å². The summed E-state index contributed by atoms with van der Waals surface area (Å²) < 4.78 is 5.34. The van der Waals surface area contributed by atoms with Gasteiger partial charge in [-0.15, -0.1) is 0 Å². The molecule has 1 atom stereocenters. The van der Waals surface area contributed by atoms with Crippen molar-refractivity contribution in [3.05, 3.63) is 60.2 Å². The van der Waals surface area contributed by atoms with Crippen molar-refractivity contribution in [3.63, 3.8) is 0 Å². The molecule has 2 aromatic carbocycles. The number of carbonyl (C=O) groups is 1. The van der Waals surface area contributed by atoms with Crippen molar-refractivity contribution in [2.45, 2.75) is 13.1 Å². The second-order valence-electron chi connectivity index (χ2n) is 4.79. The van der Waals surface area contributed by atoms with Crippen molar-refractivity contribution in [2.75, 3.05) is 4.90 Å². The number of aliphatic imine (C=N–C) groups is 1. The van der Waals surface area contributed by atoms with Crippen LogP contribution in [0.2, 0.25) is 0 Å². The lowest BCUT2D eigenvalue weighted by atomic mass is 10.1. The first-order valence-electron chi connectivity index (χ1n) is 6.80. The molecule has 0 spiro atoms. The van der Waals surface area contributed by atoms with E-state index < -0.39 is 12.3 Å². The van der Waals surface area contributed by atoms with Crippen LogP contribution in [0.1, 0.15) is 12.5 Å². The Morgan fingerprint density at radius 3 is 2.59 bits per heavy atom. The third-order valence-electron chi connectivity index (χ3n) is 3.37. The van der Waals surface area contributed by atoms with Crippen molar-refractivity contribution < 1.29 is 9.53 Å². The molecule has 1 unspecified atom stereocenters. The van der Waals surface area contributed by atoms with Crippen LogP contribution in [0.15, 0.2) is 59.6 Å². The number of hydrogen-bond acceptors (Lipinski definition) is 4. The molecule has 1 heterocycles. The average molecular weight is 291 g/mol. The van der Waals surface area contributed by atoms with Gasteiger partial charge in [-0.25, -0.2) is 14.7 Å². The number of para-hydroxylation sites is 2. The van der Waals surface area contributed by atoms with Gasteiger partial charge >= 0.3 is 6.09 Å². The predicted molar refractivity (Wildman–Crippen MR) is 83.0 cm³/mol. The molecule has 108 valence electrons. The van der Waals surface area contributed by atoms with Gasteiger partial charge in [0.15, 0.2) is 0 Å². The number of amides is 1. The van der Waals surface area contributed by atoms with Crippen LogP contribution >= 0.6 is 0 Å². The predicted octanol–water partition coefficient (Wildman–Crippen LogP) is 3.36. The smallest absolute Gasteiger partial charge is 0.410 e. The van der Waals surface area contributed by atoms with Crippen molar-refractivity contribution in [1.29, 1.82) is 5.26 Å². The van der Waals surface area contributed by atoms with Crippen molar-refractivity contribution in [2.24, 2.45) is 4.99 Å². The molecule has 1 aliphatic heterocycles. The molecule has 5 nitrogen and oxygen atoms in total. The van der Waals surface area contributed by atoms with Gasteiger partial charge in [0.25, 0.3) is 0 Å². The van der Waals surface area contributed by atoms with Crippen LogP contribution in [0.25, 0.3) is 0 Å². The molecule has 22 heavy (non-hydrogen) atoms. The quantitative estimate of drug-likeness (QED) is 0.809. The lowest BCUT2D eigenvalue weighted by molar-refractivity contribution is 0.206. The number of benzene rings is 2. The van der Waals surface area contributed by atoms with Gasteiger partial charge in [-0.3, -0.25) is 0 Å². The standard InChI is InChI=1S/C17H13N3O2/c1-12-14-9-5-6-10-15(14)20(16(11-18)19-12)17(21)22-13-7-3-2-4-8-13/h2-10,16H,1H3. The van der Waals surface area contributed by atoms with Gasteiger partial charge in [-0.2, -0.15) is 5.26 Å². The van der Waals surface area contributed by atoms with E-state index in [1.807, 2.05) is 37.3 Å². The van der Waals surface area contributed by atoms with Gasteiger partial charge in [-0.05, 0) is 25.1 Å². The highest BCUT2D eigenvalue weighted by Gasteiger charge is 2.32. The van der Waals surface area contributed by atoms with Crippen LogP contribution < -0.4 is 9.64 Å². The van der Waals surface area contributed by atoms with E-state index in [0.717, 1.165) is 11.3 Å². The molecule has 0 radical (unpaired) electrons. The molecule has 0 N–H and O–H groups in total. The van der Waals surface area contributed by atoms with Gasteiger partial charge in [0.05, 0.1) is 5.69 Å².